The zero-order valence-corrected chi connectivity index (χ0v) is 15.3. The minimum absolute atomic E-state index is 0.0403. The Bertz CT molecular complexity index is 832. The molecular weight excluding hydrogens is 314 g/mol. The summed E-state index contributed by atoms with van der Waals surface area (Å²) in [5, 5.41) is 10.7. The Morgan fingerprint density at radius 2 is 2.12 bits per heavy atom. The number of piperidine rings is 1. The van der Waals surface area contributed by atoms with E-state index in [2.05, 4.69) is 30.2 Å². The molecule has 3 unspecified atom stereocenters. The fraction of sp³-hybridized carbons (Fsp3) is 0.524. The Hall–Kier alpha value is -1.78. The smallest absolute Gasteiger partial charge is 0.173 e. The van der Waals surface area contributed by atoms with Crippen LogP contribution in [0.2, 0.25) is 0 Å². The number of rotatable bonds is 2. The van der Waals surface area contributed by atoms with Gasteiger partial charge in [0.1, 0.15) is 5.76 Å². The maximum Gasteiger partial charge on any atom is 0.173 e. The number of allylic oxidation sites excluding steroid dienone is 1. The number of nitrogens with zero attached hydrogens (tertiary/aromatic N) is 1. The molecule has 0 radical (unpaired) electrons. The van der Waals surface area contributed by atoms with E-state index in [0.717, 1.165) is 36.6 Å². The highest BCUT2D eigenvalue weighted by Crippen LogP contribution is 2.63. The van der Waals surface area contributed by atoms with E-state index in [1.165, 1.54) is 16.7 Å². The number of ether oxygens (including phenoxy) is 2. The van der Waals surface area contributed by atoms with Crippen LogP contribution in [0.5, 0.6) is 11.5 Å². The summed E-state index contributed by atoms with van der Waals surface area (Å²) in [6.45, 7) is 4.80. The number of hydrogen-bond acceptors (Lipinski definition) is 4. The topological polar surface area (TPSA) is 41.9 Å². The first kappa shape index (κ1) is 15.5. The summed E-state index contributed by atoms with van der Waals surface area (Å²) < 4.78 is 12.0. The van der Waals surface area contributed by atoms with Gasteiger partial charge in [-0.05, 0) is 57.0 Å². The zero-order chi connectivity index (χ0) is 17.6. The average Bonchev–Trinajstić information content (AvgIpc) is 2.90. The van der Waals surface area contributed by atoms with E-state index in [-0.39, 0.29) is 11.3 Å². The van der Waals surface area contributed by atoms with E-state index in [1.54, 1.807) is 7.11 Å². The number of likely N-dealkylation sites (N-methyl/N-ethyl adjacent to an activating group) is 1. The van der Waals surface area contributed by atoms with Gasteiger partial charge in [-0.3, -0.25) is 4.90 Å². The summed E-state index contributed by atoms with van der Waals surface area (Å²) in [6.07, 6.45) is 6.46. The predicted molar refractivity (Wildman–Crippen MR) is 96.0 cm³/mol. The lowest BCUT2D eigenvalue weighted by molar-refractivity contribution is 0.0490. The van der Waals surface area contributed by atoms with Crippen molar-refractivity contribution in [2.75, 3.05) is 20.7 Å². The summed E-state index contributed by atoms with van der Waals surface area (Å²) in [5.74, 6) is 2.65. The van der Waals surface area contributed by atoms with E-state index in [9.17, 15) is 5.11 Å². The lowest BCUT2D eigenvalue weighted by atomic mass is 9.57. The van der Waals surface area contributed by atoms with Crippen LogP contribution in [0.1, 0.15) is 31.4 Å². The van der Waals surface area contributed by atoms with Crippen molar-refractivity contribution in [2.24, 2.45) is 5.92 Å². The van der Waals surface area contributed by atoms with Crippen molar-refractivity contribution in [1.82, 2.24) is 4.90 Å². The molecule has 132 valence electrons. The first-order chi connectivity index (χ1) is 11.9. The molecule has 1 aromatic rings. The Labute approximate surface area is 148 Å². The monoisotopic (exact) mass is 339 g/mol. The molecule has 0 saturated carbocycles. The number of benzene rings is 1. The maximum atomic E-state index is 10.7. The number of likely N-dealkylation sites (tertiary alicyclic amines) is 1. The molecule has 1 aromatic carbocycles. The molecule has 4 aliphatic rings. The van der Waals surface area contributed by atoms with Gasteiger partial charge in [-0.1, -0.05) is 12.1 Å². The second kappa shape index (κ2) is 4.68. The largest absolute Gasteiger partial charge is 0.493 e. The van der Waals surface area contributed by atoms with Gasteiger partial charge in [-0.15, -0.1) is 0 Å². The van der Waals surface area contributed by atoms with E-state index in [1.807, 2.05) is 19.9 Å². The molecule has 5 rings (SSSR count). The quantitative estimate of drug-likeness (QED) is 0.842. The van der Waals surface area contributed by atoms with Crippen molar-refractivity contribution in [2.45, 2.75) is 43.7 Å². The van der Waals surface area contributed by atoms with Crippen molar-refractivity contribution >= 4 is 0 Å². The Kier molecular flexibility index (Phi) is 2.90. The summed E-state index contributed by atoms with van der Waals surface area (Å²) in [6, 6.07) is 4.61. The highest BCUT2D eigenvalue weighted by molar-refractivity contribution is 5.70. The van der Waals surface area contributed by atoms with Gasteiger partial charge >= 0.3 is 0 Å². The molecule has 25 heavy (non-hydrogen) atoms. The third-order valence-corrected chi connectivity index (χ3v) is 6.63. The molecule has 2 heterocycles. The molecule has 4 nitrogen and oxygen atoms in total. The molecule has 0 aromatic heterocycles. The van der Waals surface area contributed by atoms with E-state index >= 15 is 0 Å². The lowest BCUT2D eigenvalue weighted by Gasteiger charge is -2.52. The average molecular weight is 339 g/mol. The lowest BCUT2D eigenvalue weighted by Crippen LogP contribution is -2.55. The predicted octanol–water partition coefficient (Wildman–Crippen LogP) is 2.80. The molecule has 1 N–H and O–H groups in total. The second-order valence-corrected chi connectivity index (χ2v) is 8.42. The van der Waals surface area contributed by atoms with Crippen LogP contribution in [-0.2, 0) is 11.8 Å². The van der Waals surface area contributed by atoms with Crippen molar-refractivity contribution < 1.29 is 14.6 Å². The van der Waals surface area contributed by atoms with Crippen LogP contribution >= 0.6 is 0 Å². The Morgan fingerprint density at radius 3 is 2.84 bits per heavy atom. The van der Waals surface area contributed by atoms with Crippen molar-refractivity contribution in [3.05, 3.63) is 46.7 Å². The van der Waals surface area contributed by atoms with Crippen LogP contribution in [0.4, 0.5) is 0 Å². The number of aliphatic hydroxyl groups is 1. The molecule has 2 bridgehead atoms. The van der Waals surface area contributed by atoms with Gasteiger partial charge in [0.15, 0.2) is 11.5 Å². The van der Waals surface area contributed by atoms with Gasteiger partial charge in [0.25, 0.3) is 0 Å². The van der Waals surface area contributed by atoms with Gasteiger partial charge in [0.05, 0.1) is 18.1 Å². The highest BCUT2D eigenvalue weighted by atomic mass is 16.5. The van der Waals surface area contributed by atoms with Crippen molar-refractivity contribution in [3.8, 4) is 11.5 Å². The molecule has 3 atom stereocenters. The molecular formula is C21H25NO3. The van der Waals surface area contributed by atoms with Crippen LogP contribution in [0.25, 0.3) is 0 Å². The minimum Gasteiger partial charge on any atom is -0.493 e. The first-order valence-electron chi connectivity index (χ1n) is 9.11. The van der Waals surface area contributed by atoms with Crippen molar-refractivity contribution in [3.63, 3.8) is 0 Å². The highest BCUT2D eigenvalue weighted by Gasteiger charge is 2.59. The SMILES string of the molecule is COc1ccc2c3c1OC1=CC(C(C)(C)O)C=C4C(C2)N(C)CCC143. The Balaban J connectivity index is 1.81. The maximum absolute atomic E-state index is 10.7. The third kappa shape index (κ3) is 1.79. The fourth-order valence-electron chi connectivity index (χ4n) is 5.24. The molecule has 2 aliphatic heterocycles. The van der Waals surface area contributed by atoms with E-state index in [0.29, 0.717) is 6.04 Å². The molecule has 1 fully saturated rings. The van der Waals surface area contributed by atoms with Crippen LogP contribution < -0.4 is 9.47 Å². The molecule has 1 saturated heterocycles. The van der Waals surface area contributed by atoms with Crippen LogP contribution in [0, 0.1) is 5.92 Å². The summed E-state index contributed by atoms with van der Waals surface area (Å²) >= 11 is 0. The molecule has 2 aliphatic carbocycles. The minimum atomic E-state index is -0.809. The molecule has 0 amide bonds. The summed E-state index contributed by atoms with van der Waals surface area (Å²) in [4.78, 5) is 2.45. The standard InChI is InChI=1S/C21H25NO3/c1-20(2,23)13-10-14-15-9-12-5-6-16(24-4)19-18(12)21(14,7-8-22(15)3)17(11-13)25-19/h5-6,10-11,13,15,23H,7-9H2,1-4H3. The molecule has 4 heteroatoms. The van der Waals surface area contributed by atoms with Gasteiger partial charge in [0.2, 0.25) is 0 Å². The van der Waals surface area contributed by atoms with E-state index in [4.69, 9.17) is 9.47 Å². The van der Waals surface area contributed by atoms with Crippen LogP contribution in [0.15, 0.2) is 35.6 Å². The summed E-state index contributed by atoms with van der Waals surface area (Å²) in [7, 11) is 3.91. The van der Waals surface area contributed by atoms with Gasteiger partial charge in [-0.25, -0.2) is 0 Å². The third-order valence-electron chi connectivity index (χ3n) is 6.63. The zero-order valence-electron chi connectivity index (χ0n) is 15.3. The van der Waals surface area contributed by atoms with E-state index < -0.39 is 5.60 Å². The van der Waals surface area contributed by atoms with Gasteiger partial charge < -0.3 is 14.6 Å². The second-order valence-electron chi connectivity index (χ2n) is 8.42. The van der Waals surface area contributed by atoms with Crippen molar-refractivity contribution in [1.29, 1.82) is 0 Å². The number of hydrogen-bond donors (Lipinski definition) is 1. The fourth-order valence-corrected chi connectivity index (χ4v) is 5.24. The van der Waals surface area contributed by atoms with Crippen LogP contribution in [-0.4, -0.2) is 42.4 Å². The van der Waals surface area contributed by atoms with Gasteiger partial charge in [-0.2, -0.15) is 0 Å². The normalized spacial score (nSPS) is 32.5. The van der Waals surface area contributed by atoms with Gasteiger partial charge in [0, 0.05) is 24.1 Å². The van der Waals surface area contributed by atoms with Crippen LogP contribution in [0.3, 0.4) is 0 Å². The Morgan fingerprint density at radius 1 is 1.32 bits per heavy atom. The number of methoxy groups -OCH3 is 1. The molecule has 1 spiro atoms. The summed E-state index contributed by atoms with van der Waals surface area (Å²) in [5.41, 5.74) is 3.12. The first-order valence-corrected chi connectivity index (χ1v) is 9.11.